The molecule has 0 aromatic heterocycles. The first kappa shape index (κ1) is 16.1. The lowest BCUT2D eigenvalue weighted by atomic mass is 10.1. The SMILES string of the molecule is C=C(SC)C(c1ccccc1)S(=O)(=O)NC(=N)SC. The summed E-state index contributed by atoms with van der Waals surface area (Å²) in [4.78, 5) is 0.521. The molecule has 0 saturated heterocycles. The van der Waals surface area contributed by atoms with Crippen molar-refractivity contribution in [2.45, 2.75) is 5.25 Å². The molecule has 0 radical (unpaired) electrons. The molecule has 0 heterocycles. The third-order valence-corrected chi connectivity index (χ3v) is 5.62. The number of rotatable bonds is 5. The van der Waals surface area contributed by atoms with Gasteiger partial charge in [-0.3, -0.25) is 10.1 Å². The third-order valence-electron chi connectivity index (χ3n) is 2.41. The van der Waals surface area contributed by atoms with Crippen LogP contribution in [0.15, 0.2) is 41.8 Å². The second-order valence-corrected chi connectivity index (χ2v) is 7.16. The molecule has 0 aliphatic rings. The number of benzene rings is 1. The molecule has 1 aromatic carbocycles. The molecule has 4 nitrogen and oxygen atoms in total. The Hall–Kier alpha value is -0.920. The van der Waals surface area contributed by atoms with Crippen LogP contribution >= 0.6 is 23.5 Å². The summed E-state index contributed by atoms with van der Waals surface area (Å²) >= 11 is 2.34. The zero-order chi connectivity index (χ0) is 14.5. The van der Waals surface area contributed by atoms with Crippen molar-refractivity contribution in [2.24, 2.45) is 0 Å². The summed E-state index contributed by atoms with van der Waals surface area (Å²) in [6, 6.07) is 8.88. The molecule has 0 amide bonds. The molecule has 0 bridgehead atoms. The van der Waals surface area contributed by atoms with Crippen LogP contribution in [0, 0.1) is 5.41 Å². The second kappa shape index (κ2) is 7.02. The Morgan fingerprint density at radius 1 is 1.26 bits per heavy atom. The highest BCUT2D eigenvalue weighted by atomic mass is 32.2. The number of amidine groups is 1. The van der Waals surface area contributed by atoms with E-state index in [0.717, 1.165) is 11.8 Å². The normalized spacial score (nSPS) is 12.7. The Balaban J connectivity index is 3.19. The molecule has 0 fully saturated rings. The summed E-state index contributed by atoms with van der Waals surface area (Å²) in [6.45, 7) is 3.82. The average Bonchev–Trinajstić information content (AvgIpc) is 2.38. The van der Waals surface area contributed by atoms with Crippen molar-refractivity contribution in [1.82, 2.24) is 4.72 Å². The number of sulfonamides is 1. The van der Waals surface area contributed by atoms with Crippen molar-refractivity contribution in [3.05, 3.63) is 47.4 Å². The van der Waals surface area contributed by atoms with Gasteiger partial charge in [0.05, 0.1) is 0 Å². The molecule has 1 aromatic rings. The highest BCUT2D eigenvalue weighted by Gasteiger charge is 2.30. The summed E-state index contributed by atoms with van der Waals surface area (Å²) in [5.41, 5.74) is 0.642. The van der Waals surface area contributed by atoms with Gasteiger partial charge in [0.25, 0.3) is 0 Å². The van der Waals surface area contributed by atoms with Gasteiger partial charge in [-0.2, -0.15) is 0 Å². The lowest BCUT2D eigenvalue weighted by molar-refractivity contribution is 0.586. The molecule has 1 atom stereocenters. The average molecular weight is 316 g/mol. The van der Waals surface area contributed by atoms with E-state index in [0.29, 0.717) is 10.5 Å². The van der Waals surface area contributed by atoms with E-state index in [4.69, 9.17) is 5.41 Å². The minimum Gasteiger partial charge on any atom is -0.278 e. The van der Waals surface area contributed by atoms with Gasteiger partial charge in [-0.15, -0.1) is 11.8 Å². The van der Waals surface area contributed by atoms with Gasteiger partial charge >= 0.3 is 0 Å². The van der Waals surface area contributed by atoms with Crippen molar-refractivity contribution in [2.75, 3.05) is 12.5 Å². The maximum absolute atomic E-state index is 12.4. The van der Waals surface area contributed by atoms with Crippen molar-refractivity contribution in [1.29, 1.82) is 5.41 Å². The molecule has 0 aliphatic carbocycles. The predicted molar refractivity (Wildman–Crippen MR) is 85.1 cm³/mol. The van der Waals surface area contributed by atoms with E-state index in [-0.39, 0.29) is 5.17 Å². The topological polar surface area (TPSA) is 70.0 Å². The van der Waals surface area contributed by atoms with Gasteiger partial charge in [-0.1, -0.05) is 48.7 Å². The maximum Gasteiger partial charge on any atom is 0.246 e. The van der Waals surface area contributed by atoms with Gasteiger partial charge < -0.3 is 0 Å². The fraction of sp³-hybridized carbons (Fsp3) is 0.250. The van der Waals surface area contributed by atoms with Crippen molar-refractivity contribution >= 4 is 38.7 Å². The Labute approximate surface area is 122 Å². The van der Waals surface area contributed by atoms with E-state index in [9.17, 15) is 8.42 Å². The van der Waals surface area contributed by atoms with Crippen LogP contribution in [0.25, 0.3) is 0 Å². The molecule has 0 aliphatic heterocycles. The predicted octanol–water partition coefficient (Wildman–Crippen LogP) is 2.82. The molecular formula is C12H16N2O2S3. The lowest BCUT2D eigenvalue weighted by Gasteiger charge is -2.20. The van der Waals surface area contributed by atoms with Crippen LogP contribution in [-0.4, -0.2) is 26.1 Å². The van der Waals surface area contributed by atoms with Crippen LogP contribution in [-0.2, 0) is 10.0 Å². The number of nitrogens with one attached hydrogen (secondary N) is 2. The number of hydrogen-bond acceptors (Lipinski definition) is 5. The van der Waals surface area contributed by atoms with Crippen LogP contribution in [0.5, 0.6) is 0 Å². The van der Waals surface area contributed by atoms with Crippen LogP contribution in [0.2, 0.25) is 0 Å². The van der Waals surface area contributed by atoms with E-state index in [1.807, 2.05) is 6.07 Å². The van der Waals surface area contributed by atoms with Gasteiger partial charge in [0.15, 0.2) is 5.17 Å². The first-order valence-corrected chi connectivity index (χ1v) is 9.34. The van der Waals surface area contributed by atoms with Crippen molar-refractivity contribution in [3.63, 3.8) is 0 Å². The van der Waals surface area contributed by atoms with Gasteiger partial charge in [0.1, 0.15) is 5.25 Å². The fourth-order valence-corrected chi connectivity index (χ4v) is 4.44. The number of hydrogen-bond donors (Lipinski definition) is 2. The number of thioether (sulfide) groups is 2. The lowest BCUT2D eigenvalue weighted by Crippen LogP contribution is -2.32. The minimum absolute atomic E-state index is 0.102. The van der Waals surface area contributed by atoms with Crippen LogP contribution in [0.1, 0.15) is 10.8 Å². The summed E-state index contributed by atoms with van der Waals surface area (Å²) in [5, 5.41) is 6.52. The molecule has 104 valence electrons. The molecular weight excluding hydrogens is 300 g/mol. The first-order chi connectivity index (χ1) is 8.92. The minimum atomic E-state index is -3.71. The van der Waals surface area contributed by atoms with Crippen molar-refractivity contribution in [3.8, 4) is 0 Å². The largest absolute Gasteiger partial charge is 0.278 e. The van der Waals surface area contributed by atoms with Gasteiger partial charge in [0.2, 0.25) is 10.0 Å². The fourth-order valence-electron chi connectivity index (χ4n) is 1.50. The molecule has 19 heavy (non-hydrogen) atoms. The Kier molecular flexibility index (Phi) is 5.96. The molecule has 2 N–H and O–H groups in total. The second-order valence-electron chi connectivity index (χ2n) is 3.64. The Morgan fingerprint density at radius 3 is 2.32 bits per heavy atom. The monoisotopic (exact) mass is 316 g/mol. The molecule has 1 rings (SSSR count). The van der Waals surface area contributed by atoms with Gasteiger partial charge in [-0.25, -0.2) is 8.42 Å². The van der Waals surface area contributed by atoms with E-state index in [2.05, 4.69) is 11.3 Å². The third kappa shape index (κ3) is 4.29. The van der Waals surface area contributed by atoms with E-state index in [1.54, 1.807) is 36.8 Å². The quantitative estimate of drug-likeness (QED) is 0.647. The van der Waals surface area contributed by atoms with Crippen LogP contribution < -0.4 is 4.72 Å². The molecule has 0 saturated carbocycles. The van der Waals surface area contributed by atoms with Crippen LogP contribution in [0.3, 0.4) is 0 Å². The molecule has 0 spiro atoms. The maximum atomic E-state index is 12.4. The summed E-state index contributed by atoms with van der Waals surface area (Å²) in [5.74, 6) is 0. The standard InChI is InChI=1S/C12H16N2O2S3/c1-9(17-2)11(10-7-5-4-6-8-10)19(15,16)14-12(13)18-3/h4-8,11H,1H2,2-3H3,(H2,13,14). The highest BCUT2D eigenvalue weighted by Crippen LogP contribution is 2.34. The summed E-state index contributed by atoms with van der Waals surface area (Å²) in [6.07, 6.45) is 3.43. The van der Waals surface area contributed by atoms with Gasteiger partial charge in [-0.05, 0) is 18.1 Å². The molecule has 7 heteroatoms. The zero-order valence-corrected chi connectivity index (χ0v) is 13.2. The molecule has 1 unspecified atom stereocenters. The first-order valence-electron chi connectivity index (χ1n) is 5.34. The smallest absolute Gasteiger partial charge is 0.246 e. The Morgan fingerprint density at radius 2 is 1.84 bits per heavy atom. The Bertz CT molecular complexity index is 556. The zero-order valence-electron chi connectivity index (χ0n) is 10.7. The van der Waals surface area contributed by atoms with E-state index in [1.165, 1.54) is 11.8 Å². The van der Waals surface area contributed by atoms with Gasteiger partial charge in [0, 0.05) is 4.91 Å². The summed E-state index contributed by atoms with van der Waals surface area (Å²) in [7, 11) is -3.71. The van der Waals surface area contributed by atoms with Crippen LogP contribution in [0.4, 0.5) is 0 Å². The van der Waals surface area contributed by atoms with Crippen molar-refractivity contribution < 1.29 is 8.42 Å². The highest BCUT2D eigenvalue weighted by molar-refractivity contribution is 8.14. The summed E-state index contributed by atoms with van der Waals surface area (Å²) < 4.78 is 27.0. The van der Waals surface area contributed by atoms with E-state index >= 15 is 0 Å². The van der Waals surface area contributed by atoms with E-state index < -0.39 is 15.3 Å².